The Morgan fingerprint density at radius 3 is 2.65 bits per heavy atom. The summed E-state index contributed by atoms with van der Waals surface area (Å²) >= 11 is 0. The fourth-order valence-electron chi connectivity index (χ4n) is 7.46. The number of H-pyrrole nitrogens is 1. The summed E-state index contributed by atoms with van der Waals surface area (Å²) in [5.41, 5.74) is 0.236. The van der Waals surface area contributed by atoms with Crippen LogP contribution in [0.15, 0.2) is 42.1 Å². The standard InChI is InChI=1S/C30H39NO9/c1-14-12-15(2)30-19(13-22(36-6)29(35)38-25(14)17(4)37-18(5)32)9-10-20-23(30)24(33)16(3)26(27(20)40-30)39-28(34)21-8-7-11-31-21/h7-12,14,16-17,19-20,22-27,31,33H,13H2,1-6H3/b15-12+/t14-,16-,17-,19?,20-,22+,23+,24-,25?,26-,27-,30+/m1/s1. The molecule has 4 aliphatic rings. The van der Waals surface area contributed by atoms with Crippen LogP contribution in [-0.2, 0) is 33.3 Å². The van der Waals surface area contributed by atoms with Gasteiger partial charge in [-0.2, -0.15) is 0 Å². The fourth-order valence-corrected chi connectivity index (χ4v) is 7.46. The third-order valence-corrected chi connectivity index (χ3v) is 9.28. The predicted molar refractivity (Wildman–Crippen MR) is 142 cm³/mol. The van der Waals surface area contributed by atoms with Gasteiger partial charge in [-0.05, 0) is 38.0 Å². The van der Waals surface area contributed by atoms with Gasteiger partial charge in [-0.25, -0.2) is 9.59 Å². The zero-order chi connectivity index (χ0) is 28.9. The number of hydrogen-bond acceptors (Lipinski definition) is 9. The second-order valence-corrected chi connectivity index (χ2v) is 11.7. The van der Waals surface area contributed by atoms with Crippen LogP contribution < -0.4 is 0 Å². The first kappa shape index (κ1) is 28.6. The van der Waals surface area contributed by atoms with Crippen LogP contribution in [0.2, 0.25) is 0 Å². The van der Waals surface area contributed by atoms with Crippen molar-refractivity contribution >= 4 is 17.9 Å². The third-order valence-electron chi connectivity index (χ3n) is 9.28. The number of methoxy groups -OCH3 is 1. The van der Waals surface area contributed by atoms with Gasteiger partial charge in [0, 0.05) is 49.8 Å². The maximum Gasteiger partial charge on any atom is 0.355 e. The average Bonchev–Trinajstić information content (AvgIpc) is 3.50. The molecule has 40 heavy (non-hydrogen) atoms. The number of aliphatic hydroxyl groups excluding tert-OH is 1. The molecule has 2 unspecified atom stereocenters. The third kappa shape index (κ3) is 4.59. The van der Waals surface area contributed by atoms with Gasteiger partial charge in [0.1, 0.15) is 35.7 Å². The van der Waals surface area contributed by atoms with Crippen molar-refractivity contribution in [2.45, 2.75) is 83.3 Å². The summed E-state index contributed by atoms with van der Waals surface area (Å²) in [6.07, 6.45) is 3.58. The second kappa shape index (κ2) is 10.8. The summed E-state index contributed by atoms with van der Waals surface area (Å²) in [6, 6.07) is 3.36. The molecule has 1 saturated carbocycles. The van der Waals surface area contributed by atoms with Gasteiger partial charge < -0.3 is 33.8 Å². The van der Waals surface area contributed by atoms with Crippen LogP contribution >= 0.6 is 0 Å². The first-order chi connectivity index (χ1) is 19.0. The molecule has 1 saturated heterocycles. The maximum absolute atomic E-state index is 13.3. The minimum absolute atomic E-state index is 0.200. The number of carbonyl (C=O) groups is 3. The lowest BCUT2D eigenvalue weighted by Gasteiger charge is -2.48. The molecule has 4 bridgehead atoms. The van der Waals surface area contributed by atoms with E-state index in [0.717, 1.165) is 5.57 Å². The summed E-state index contributed by atoms with van der Waals surface area (Å²) < 4.78 is 29.9. The Balaban J connectivity index is 1.56. The van der Waals surface area contributed by atoms with Gasteiger partial charge in [-0.15, -0.1) is 0 Å². The molecule has 1 aromatic rings. The molecule has 1 spiro atoms. The smallest absolute Gasteiger partial charge is 0.355 e. The van der Waals surface area contributed by atoms with E-state index in [0.29, 0.717) is 5.69 Å². The van der Waals surface area contributed by atoms with Crippen LogP contribution in [0.4, 0.5) is 0 Å². The van der Waals surface area contributed by atoms with E-state index in [1.54, 1.807) is 25.3 Å². The molecule has 2 N–H and O–H groups in total. The number of aliphatic hydroxyl groups is 1. The monoisotopic (exact) mass is 557 g/mol. The summed E-state index contributed by atoms with van der Waals surface area (Å²) in [4.78, 5) is 40.8. The van der Waals surface area contributed by atoms with Crippen LogP contribution in [0, 0.1) is 29.6 Å². The second-order valence-electron chi connectivity index (χ2n) is 11.7. The number of cyclic esters (lactones) is 1. The lowest BCUT2D eigenvalue weighted by Crippen LogP contribution is -2.57. The van der Waals surface area contributed by atoms with Gasteiger partial charge in [-0.3, -0.25) is 4.79 Å². The highest BCUT2D eigenvalue weighted by atomic mass is 16.6. The van der Waals surface area contributed by atoms with E-state index in [2.05, 4.69) is 4.98 Å². The quantitative estimate of drug-likeness (QED) is 0.318. The zero-order valence-electron chi connectivity index (χ0n) is 23.7. The van der Waals surface area contributed by atoms with Crippen LogP contribution in [-0.4, -0.2) is 77.3 Å². The number of ether oxygens (including phenoxy) is 5. The van der Waals surface area contributed by atoms with Crippen molar-refractivity contribution in [3.63, 3.8) is 0 Å². The summed E-state index contributed by atoms with van der Waals surface area (Å²) in [5, 5.41) is 11.8. The average molecular weight is 558 g/mol. The highest BCUT2D eigenvalue weighted by molar-refractivity contribution is 5.87. The fraction of sp³-hybridized carbons (Fsp3) is 0.633. The first-order valence-corrected chi connectivity index (χ1v) is 14.0. The van der Waals surface area contributed by atoms with E-state index in [9.17, 15) is 19.5 Å². The zero-order valence-corrected chi connectivity index (χ0v) is 23.7. The number of carbonyl (C=O) groups excluding carboxylic acids is 3. The molecule has 10 nitrogen and oxygen atoms in total. The number of hydrogen-bond donors (Lipinski definition) is 2. The minimum Gasteiger partial charge on any atom is -0.459 e. The van der Waals surface area contributed by atoms with E-state index < -0.39 is 66.1 Å². The van der Waals surface area contributed by atoms with E-state index in [1.807, 2.05) is 39.0 Å². The van der Waals surface area contributed by atoms with Gasteiger partial charge in [0.2, 0.25) is 0 Å². The van der Waals surface area contributed by atoms with Crippen LogP contribution in [0.5, 0.6) is 0 Å². The van der Waals surface area contributed by atoms with Gasteiger partial charge in [0.15, 0.2) is 6.10 Å². The summed E-state index contributed by atoms with van der Waals surface area (Å²) in [7, 11) is 1.46. The van der Waals surface area contributed by atoms with Crippen molar-refractivity contribution in [2.24, 2.45) is 29.6 Å². The SMILES string of the molecule is CO[C@H]1CC2C=C[C@H]3[C@H]4O[C@]2(/C(C)=C/[C@@H](C)C([C@@H](C)OC(C)=O)OC1=O)[C@@H]3[C@H](O)[C@@H](C)[C@H]4OC(=O)c1ccc[nH]1. The first-order valence-electron chi connectivity index (χ1n) is 14.0. The van der Waals surface area contributed by atoms with Crippen molar-refractivity contribution in [3.8, 4) is 0 Å². The Labute approximate surface area is 234 Å². The molecule has 10 heteroatoms. The Morgan fingerprint density at radius 1 is 1.25 bits per heavy atom. The minimum atomic E-state index is -0.969. The molecule has 0 aromatic carbocycles. The molecule has 3 heterocycles. The molecular formula is C30H39NO9. The highest BCUT2D eigenvalue weighted by Crippen LogP contribution is 2.61. The van der Waals surface area contributed by atoms with Crippen molar-refractivity contribution in [1.82, 2.24) is 4.98 Å². The van der Waals surface area contributed by atoms with Crippen LogP contribution in [0.3, 0.4) is 0 Å². The molecule has 1 aromatic heterocycles. The molecular weight excluding hydrogens is 518 g/mol. The van der Waals surface area contributed by atoms with Gasteiger partial charge in [-0.1, -0.05) is 32.1 Å². The van der Waals surface area contributed by atoms with Gasteiger partial charge in [0.25, 0.3) is 0 Å². The molecule has 5 rings (SSSR count). The van der Waals surface area contributed by atoms with Gasteiger partial charge >= 0.3 is 17.9 Å². The molecule has 12 atom stereocenters. The predicted octanol–water partition coefficient (Wildman–Crippen LogP) is 2.97. The molecule has 0 radical (unpaired) electrons. The van der Waals surface area contributed by atoms with Gasteiger partial charge in [0.05, 0.1) is 6.10 Å². The lowest BCUT2D eigenvalue weighted by molar-refractivity contribution is -0.178. The van der Waals surface area contributed by atoms with E-state index in [-0.39, 0.29) is 30.1 Å². The Bertz CT molecular complexity index is 1190. The van der Waals surface area contributed by atoms with E-state index in [4.69, 9.17) is 23.7 Å². The Kier molecular flexibility index (Phi) is 7.71. The molecule has 0 amide bonds. The van der Waals surface area contributed by atoms with E-state index in [1.165, 1.54) is 14.0 Å². The van der Waals surface area contributed by atoms with E-state index >= 15 is 0 Å². The van der Waals surface area contributed by atoms with Crippen molar-refractivity contribution in [2.75, 3.05) is 7.11 Å². The Hall–Kier alpha value is -2.95. The number of nitrogens with one attached hydrogen (secondary N) is 1. The highest BCUT2D eigenvalue weighted by Gasteiger charge is 2.69. The molecule has 2 fully saturated rings. The lowest BCUT2D eigenvalue weighted by atomic mass is 9.57. The van der Waals surface area contributed by atoms with Crippen LogP contribution in [0.25, 0.3) is 0 Å². The number of esters is 3. The van der Waals surface area contributed by atoms with Crippen molar-refractivity contribution in [3.05, 3.63) is 47.8 Å². The largest absolute Gasteiger partial charge is 0.459 e. The molecule has 218 valence electrons. The molecule has 2 aliphatic carbocycles. The normalized spacial score (nSPS) is 42.6. The number of rotatable bonds is 5. The van der Waals surface area contributed by atoms with Crippen LogP contribution in [0.1, 0.15) is 51.5 Å². The summed E-state index contributed by atoms with van der Waals surface area (Å²) in [6.45, 7) is 8.75. The maximum atomic E-state index is 13.3. The number of aromatic nitrogens is 1. The van der Waals surface area contributed by atoms with Crippen molar-refractivity contribution in [1.29, 1.82) is 0 Å². The molecule has 2 aliphatic heterocycles. The Morgan fingerprint density at radius 2 is 2.00 bits per heavy atom. The summed E-state index contributed by atoms with van der Waals surface area (Å²) in [5.74, 6) is -3.12. The number of aromatic amines is 1. The topological polar surface area (TPSA) is 133 Å². The van der Waals surface area contributed by atoms with Crippen molar-refractivity contribution < 1.29 is 43.2 Å².